The molecule has 1 radical (unpaired) electrons. The van der Waals surface area contributed by atoms with E-state index in [0.717, 1.165) is 0 Å². The molecule has 0 heterocycles. The van der Waals surface area contributed by atoms with Crippen LogP contribution < -0.4 is 5.73 Å². The van der Waals surface area contributed by atoms with Gasteiger partial charge >= 0.3 is 0 Å². The minimum absolute atomic E-state index is 0.169. The molecular formula is C11H20NO3. The highest BCUT2D eigenvalue weighted by molar-refractivity contribution is 6.03. The number of nitrogens with one attached hydrogen (secondary N) is 1. The molecule has 0 aromatic heterocycles. The lowest BCUT2D eigenvalue weighted by molar-refractivity contribution is -0.152. The van der Waals surface area contributed by atoms with Crippen molar-refractivity contribution in [1.29, 1.82) is 0 Å². The number of carbonyl (C=O) groups is 2. The monoisotopic (exact) mass is 214 g/mol. The van der Waals surface area contributed by atoms with Gasteiger partial charge in [-0.2, -0.15) is 0 Å². The molecule has 0 aromatic carbocycles. The summed E-state index contributed by atoms with van der Waals surface area (Å²) in [7, 11) is 0. The van der Waals surface area contributed by atoms with Crippen molar-refractivity contribution >= 4 is 11.7 Å². The smallest absolute Gasteiger partial charge is 0.275 e. The molecule has 4 nitrogen and oxygen atoms in total. The topological polar surface area (TPSA) is 67.2 Å². The standard InChI is InChI=1S/C11H20NO3/c1-7(2)6-8(13)9(10(12)14)15-11(3,4)5/h7,9,12H,6H2,1-5H3. The molecule has 0 aliphatic heterocycles. The Morgan fingerprint density at radius 1 is 1.27 bits per heavy atom. The fraction of sp³-hybridized carbons (Fsp3) is 0.818. The zero-order valence-corrected chi connectivity index (χ0v) is 10.1. The summed E-state index contributed by atoms with van der Waals surface area (Å²) in [5.41, 5.74) is 6.42. The van der Waals surface area contributed by atoms with E-state index in [1.807, 2.05) is 13.8 Å². The van der Waals surface area contributed by atoms with Crippen molar-refractivity contribution in [3.63, 3.8) is 0 Å². The van der Waals surface area contributed by atoms with Crippen LogP contribution in [-0.2, 0) is 14.3 Å². The molecule has 15 heavy (non-hydrogen) atoms. The molecular weight excluding hydrogens is 194 g/mol. The van der Waals surface area contributed by atoms with Crippen LogP contribution in [0.15, 0.2) is 0 Å². The normalized spacial score (nSPS) is 14.0. The Bertz CT molecular complexity index is 241. The highest BCUT2D eigenvalue weighted by Crippen LogP contribution is 2.14. The van der Waals surface area contributed by atoms with E-state index in [0.29, 0.717) is 0 Å². The predicted octanol–water partition coefficient (Wildman–Crippen LogP) is 1.59. The van der Waals surface area contributed by atoms with Crippen molar-refractivity contribution in [1.82, 2.24) is 5.73 Å². The van der Waals surface area contributed by atoms with Gasteiger partial charge in [-0.1, -0.05) is 13.8 Å². The van der Waals surface area contributed by atoms with E-state index in [1.54, 1.807) is 20.8 Å². The van der Waals surface area contributed by atoms with Crippen LogP contribution in [0.5, 0.6) is 0 Å². The first-order chi connectivity index (χ1) is 6.63. The van der Waals surface area contributed by atoms with Crippen LogP contribution >= 0.6 is 0 Å². The van der Waals surface area contributed by atoms with Crippen molar-refractivity contribution in [3.8, 4) is 0 Å². The Morgan fingerprint density at radius 2 is 1.73 bits per heavy atom. The maximum Gasteiger partial charge on any atom is 0.275 e. The summed E-state index contributed by atoms with van der Waals surface area (Å²) in [5, 5.41) is 0. The van der Waals surface area contributed by atoms with Crippen LogP contribution in [0.2, 0.25) is 0 Å². The fourth-order valence-corrected chi connectivity index (χ4v) is 1.13. The first kappa shape index (κ1) is 14.1. The van der Waals surface area contributed by atoms with Gasteiger partial charge in [0.15, 0.2) is 11.9 Å². The molecule has 0 aliphatic rings. The molecule has 0 aromatic rings. The number of Topliss-reactive ketones (excluding diaryl/α,β-unsaturated/α-hetero) is 1. The van der Waals surface area contributed by atoms with E-state index in [-0.39, 0.29) is 18.1 Å². The van der Waals surface area contributed by atoms with Crippen molar-refractivity contribution < 1.29 is 14.3 Å². The quantitative estimate of drug-likeness (QED) is 0.653. The van der Waals surface area contributed by atoms with Crippen LogP contribution in [0.3, 0.4) is 0 Å². The minimum Gasteiger partial charge on any atom is -0.355 e. The third-order valence-corrected chi connectivity index (χ3v) is 1.61. The Kier molecular flexibility index (Phi) is 4.94. The van der Waals surface area contributed by atoms with Crippen LogP contribution in [0, 0.1) is 5.92 Å². The molecule has 1 unspecified atom stereocenters. The summed E-state index contributed by atoms with van der Waals surface area (Å²) in [5.74, 6) is -1.10. The Labute approximate surface area is 91.2 Å². The molecule has 4 heteroatoms. The Hall–Kier alpha value is -0.900. The first-order valence-electron chi connectivity index (χ1n) is 5.09. The van der Waals surface area contributed by atoms with Gasteiger partial charge in [0.1, 0.15) is 0 Å². The lowest BCUT2D eigenvalue weighted by Crippen LogP contribution is -2.40. The van der Waals surface area contributed by atoms with Gasteiger partial charge in [0.25, 0.3) is 5.91 Å². The van der Waals surface area contributed by atoms with E-state index in [2.05, 4.69) is 0 Å². The highest BCUT2D eigenvalue weighted by atomic mass is 16.5. The van der Waals surface area contributed by atoms with E-state index < -0.39 is 17.6 Å². The van der Waals surface area contributed by atoms with Crippen molar-refractivity contribution in [2.24, 2.45) is 5.92 Å². The van der Waals surface area contributed by atoms with Gasteiger partial charge < -0.3 is 4.74 Å². The SMILES string of the molecule is CC(C)CC(=O)C(OC(C)(C)C)C([NH])=O. The number of rotatable bonds is 5. The molecule has 1 amide bonds. The minimum atomic E-state index is -1.23. The van der Waals surface area contributed by atoms with Crippen molar-refractivity contribution in [3.05, 3.63) is 0 Å². The molecule has 0 aliphatic carbocycles. The van der Waals surface area contributed by atoms with Crippen LogP contribution in [-0.4, -0.2) is 23.4 Å². The second-order valence-electron chi connectivity index (χ2n) is 5.04. The average Bonchev–Trinajstić information content (AvgIpc) is 1.96. The van der Waals surface area contributed by atoms with Crippen LogP contribution in [0.25, 0.3) is 0 Å². The zero-order valence-electron chi connectivity index (χ0n) is 10.1. The second kappa shape index (κ2) is 5.26. The largest absolute Gasteiger partial charge is 0.355 e. The fourth-order valence-electron chi connectivity index (χ4n) is 1.13. The lowest BCUT2D eigenvalue weighted by Gasteiger charge is -2.24. The number of hydrogen-bond donors (Lipinski definition) is 0. The maximum atomic E-state index is 11.6. The van der Waals surface area contributed by atoms with Crippen molar-refractivity contribution in [2.45, 2.75) is 52.7 Å². The molecule has 1 N–H and O–H groups in total. The molecule has 1 atom stereocenters. The Balaban J connectivity index is 4.54. The lowest BCUT2D eigenvalue weighted by atomic mass is 10.0. The third-order valence-electron chi connectivity index (χ3n) is 1.61. The number of amides is 1. The maximum absolute atomic E-state index is 11.6. The van der Waals surface area contributed by atoms with E-state index in [4.69, 9.17) is 10.5 Å². The number of carbonyl (C=O) groups excluding carboxylic acids is 2. The van der Waals surface area contributed by atoms with E-state index >= 15 is 0 Å². The molecule has 0 saturated carbocycles. The summed E-state index contributed by atoms with van der Waals surface area (Å²) in [4.78, 5) is 22.6. The number of ketones is 1. The van der Waals surface area contributed by atoms with Gasteiger partial charge in [-0.15, -0.1) is 0 Å². The van der Waals surface area contributed by atoms with Crippen LogP contribution in [0.4, 0.5) is 0 Å². The summed E-state index contributed by atoms with van der Waals surface area (Å²) in [6, 6.07) is 0. The van der Waals surface area contributed by atoms with Gasteiger partial charge in [0.2, 0.25) is 0 Å². The number of hydrogen-bond acceptors (Lipinski definition) is 3. The molecule has 87 valence electrons. The molecule has 0 saturated heterocycles. The highest BCUT2D eigenvalue weighted by Gasteiger charge is 2.30. The van der Waals surface area contributed by atoms with E-state index in [1.165, 1.54) is 0 Å². The van der Waals surface area contributed by atoms with Gasteiger partial charge in [-0.25, -0.2) is 0 Å². The summed E-state index contributed by atoms with van der Waals surface area (Å²) in [6.07, 6.45) is -0.960. The summed E-state index contributed by atoms with van der Waals surface area (Å²) < 4.78 is 5.28. The first-order valence-corrected chi connectivity index (χ1v) is 5.09. The van der Waals surface area contributed by atoms with Gasteiger partial charge in [-0.05, 0) is 26.7 Å². The zero-order chi connectivity index (χ0) is 12.2. The molecule has 0 fully saturated rings. The Morgan fingerprint density at radius 3 is 2.00 bits per heavy atom. The van der Waals surface area contributed by atoms with Gasteiger partial charge in [0.05, 0.1) is 5.60 Å². The molecule has 0 bridgehead atoms. The summed E-state index contributed by atoms with van der Waals surface area (Å²) >= 11 is 0. The van der Waals surface area contributed by atoms with Gasteiger partial charge in [-0.3, -0.25) is 15.3 Å². The third kappa shape index (κ3) is 6.23. The second-order valence-corrected chi connectivity index (χ2v) is 5.04. The number of ether oxygens (including phenoxy) is 1. The average molecular weight is 214 g/mol. The predicted molar refractivity (Wildman–Crippen MR) is 57.2 cm³/mol. The molecule has 0 spiro atoms. The molecule has 0 rings (SSSR count). The summed E-state index contributed by atoms with van der Waals surface area (Å²) in [6.45, 7) is 9.05. The van der Waals surface area contributed by atoms with E-state index in [9.17, 15) is 9.59 Å². The van der Waals surface area contributed by atoms with Gasteiger partial charge in [0, 0.05) is 6.42 Å². The van der Waals surface area contributed by atoms with Crippen LogP contribution in [0.1, 0.15) is 41.0 Å². The van der Waals surface area contributed by atoms with Crippen molar-refractivity contribution in [2.75, 3.05) is 0 Å².